The highest BCUT2D eigenvalue weighted by atomic mass is 32.2. The molecule has 0 spiro atoms. The van der Waals surface area contributed by atoms with Crippen molar-refractivity contribution in [3.05, 3.63) is 77.1 Å². The minimum atomic E-state index is -0.179. The molecule has 0 heterocycles. The molecule has 1 N–H and O–H groups in total. The Labute approximate surface area is 181 Å². The van der Waals surface area contributed by atoms with E-state index >= 15 is 0 Å². The molecular formula is C27H39OS-. The summed E-state index contributed by atoms with van der Waals surface area (Å²) in [7, 11) is -0.179. The lowest BCUT2D eigenvalue weighted by Crippen LogP contribution is -1.98. The predicted molar refractivity (Wildman–Crippen MR) is 132 cm³/mol. The summed E-state index contributed by atoms with van der Waals surface area (Å²) in [6.07, 6.45) is 13.9. The third kappa shape index (κ3) is 11.6. The topological polar surface area (TPSA) is 20.2 Å². The maximum absolute atomic E-state index is 9.45. The highest BCUT2D eigenvalue weighted by molar-refractivity contribution is 7.86. The summed E-state index contributed by atoms with van der Waals surface area (Å²) in [5.41, 5.74) is 5.74. The second-order valence-corrected chi connectivity index (χ2v) is 9.90. The first-order chi connectivity index (χ1) is 13.8. The van der Waals surface area contributed by atoms with Crippen LogP contribution in [0, 0.1) is 5.18 Å². The molecule has 1 rings (SSSR count). The molecule has 0 aromatic heterocycles. The average molecular weight is 412 g/mol. The quantitative estimate of drug-likeness (QED) is 0.234. The normalized spacial score (nSPS) is 12.1. The van der Waals surface area contributed by atoms with Crippen molar-refractivity contribution in [2.75, 3.05) is 5.75 Å². The first-order valence-electron chi connectivity index (χ1n) is 10.6. The van der Waals surface area contributed by atoms with Gasteiger partial charge < -0.3 is 20.6 Å². The molecule has 0 atom stereocenters. The van der Waals surface area contributed by atoms with Gasteiger partial charge in [0.15, 0.2) is 0 Å². The Balaban J connectivity index is 2.43. The first kappa shape index (κ1) is 25.1. The average Bonchev–Trinajstić information content (AvgIpc) is 2.66. The van der Waals surface area contributed by atoms with E-state index in [1.54, 1.807) is 0 Å². The lowest BCUT2D eigenvalue weighted by atomic mass is 10.0. The van der Waals surface area contributed by atoms with E-state index < -0.39 is 0 Å². The van der Waals surface area contributed by atoms with E-state index in [0.717, 1.165) is 32.1 Å². The van der Waals surface area contributed by atoms with Gasteiger partial charge in [0.2, 0.25) is 0 Å². The van der Waals surface area contributed by atoms with Crippen LogP contribution in [0.15, 0.2) is 76.4 Å². The maximum atomic E-state index is 9.45. The van der Waals surface area contributed by atoms with Crippen molar-refractivity contribution >= 4 is 10.3 Å². The molecule has 0 radical (unpaired) electrons. The van der Waals surface area contributed by atoms with Crippen molar-refractivity contribution in [3.63, 3.8) is 0 Å². The van der Waals surface area contributed by atoms with E-state index in [1.807, 2.05) is 6.92 Å². The zero-order valence-electron chi connectivity index (χ0n) is 19.1. The van der Waals surface area contributed by atoms with Crippen LogP contribution in [0.3, 0.4) is 0 Å². The highest BCUT2D eigenvalue weighted by Gasteiger charge is 1.95. The SMILES string of the molecule is C=C(O)C[S-](#CC)c1ccc(CC/C=C(\C)CC/C=C(\C)CCC=C(C)C)cc1. The summed E-state index contributed by atoms with van der Waals surface area (Å²) >= 11 is 0. The van der Waals surface area contributed by atoms with Crippen molar-refractivity contribution in [1.29, 1.82) is 0 Å². The largest absolute Gasteiger partial charge is 0.515 e. The number of aliphatic hydroxyl groups is 1. The van der Waals surface area contributed by atoms with Gasteiger partial charge in [0.05, 0.1) is 5.76 Å². The van der Waals surface area contributed by atoms with Crippen molar-refractivity contribution in [3.8, 4) is 5.18 Å². The Morgan fingerprint density at radius 1 is 0.931 bits per heavy atom. The third-order valence-corrected chi connectivity index (χ3v) is 6.77. The van der Waals surface area contributed by atoms with Crippen LogP contribution >= 0.6 is 0 Å². The van der Waals surface area contributed by atoms with Crippen LogP contribution in [-0.4, -0.2) is 10.9 Å². The van der Waals surface area contributed by atoms with Crippen LogP contribution in [0.2, 0.25) is 0 Å². The van der Waals surface area contributed by atoms with Gasteiger partial charge in [-0.25, -0.2) is 0 Å². The lowest BCUT2D eigenvalue weighted by Gasteiger charge is -2.19. The number of allylic oxidation sites excluding steroid dienone is 6. The van der Waals surface area contributed by atoms with Gasteiger partial charge in [-0.1, -0.05) is 71.5 Å². The Morgan fingerprint density at radius 3 is 2.00 bits per heavy atom. The molecule has 0 aliphatic rings. The minimum absolute atomic E-state index is 0.179. The number of benzene rings is 1. The Hall–Kier alpha value is -1.89. The molecule has 0 bridgehead atoms. The van der Waals surface area contributed by atoms with Gasteiger partial charge in [-0.15, -0.1) is 4.90 Å². The van der Waals surface area contributed by atoms with Crippen LogP contribution in [-0.2, 0) is 16.7 Å². The molecule has 0 amide bonds. The van der Waals surface area contributed by atoms with Gasteiger partial charge in [0.25, 0.3) is 0 Å². The number of rotatable bonds is 10. The molecule has 1 nitrogen and oxygen atoms in total. The third-order valence-electron chi connectivity index (χ3n) is 4.81. The smallest absolute Gasteiger partial charge is 0.0651 e. The molecule has 0 unspecified atom stereocenters. The minimum Gasteiger partial charge on any atom is -0.515 e. The lowest BCUT2D eigenvalue weighted by molar-refractivity contribution is 0.420. The van der Waals surface area contributed by atoms with E-state index in [4.69, 9.17) is 0 Å². The fourth-order valence-corrected chi connectivity index (χ4v) is 4.43. The van der Waals surface area contributed by atoms with Crippen LogP contribution in [0.1, 0.15) is 72.3 Å². The van der Waals surface area contributed by atoms with Gasteiger partial charge in [0, 0.05) is 0 Å². The number of hydrogen-bond acceptors (Lipinski definition) is 2. The molecule has 1 aromatic rings. The summed E-state index contributed by atoms with van der Waals surface area (Å²) in [6, 6.07) is 8.73. The van der Waals surface area contributed by atoms with Crippen LogP contribution in [0.5, 0.6) is 0 Å². The monoisotopic (exact) mass is 411 g/mol. The predicted octanol–water partition coefficient (Wildman–Crippen LogP) is 8.07. The zero-order chi connectivity index (χ0) is 21.6. The fraction of sp³-hybridized carbons (Fsp3) is 0.444. The summed E-state index contributed by atoms with van der Waals surface area (Å²) in [5.74, 6) is 0.797. The van der Waals surface area contributed by atoms with Gasteiger partial charge in [-0.2, -0.15) is 0 Å². The van der Waals surface area contributed by atoms with Crippen molar-refractivity contribution < 1.29 is 5.11 Å². The van der Waals surface area contributed by atoms with Crippen LogP contribution in [0.4, 0.5) is 0 Å². The molecule has 0 aliphatic heterocycles. The van der Waals surface area contributed by atoms with Gasteiger partial charge in [-0.05, 0) is 78.7 Å². The second kappa shape index (κ2) is 14.1. The summed E-state index contributed by atoms with van der Waals surface area (Å²) in [6.45, 7) is 14.3. The first-order valence-corrected chi connectivity index (χ1v) is 12.0. The highest BCUT2D eigenvalue weighted by Crippen LogP contribution is 2.14. The van der Waals surface area contributed by atoms with Gasteiger partial charge in [-0.3, -0.25) is 0 Å². The maximum Gasteiger partial charge on any atom is 0.0651 e. The standard InChI is InChI=1S/C27H39OS/c1-7-29(21-25(6)28)27-19-17-26(18-20-27)16-10-15-24(5)14-9-13-23(4)12-8-11-22(2)3/h11,13,15,17-20,28H,6,8-10,12,14,16,21H2,1-5H3/q-1/b23-13+,24-15+. The summed E-state index contributed by atoms with van der Waals surface area (Å²) in [5, 5.41) is 12.7. The molecule has 0 aliphatic carbocycles. The molecule has 0 fully saturated rings. The molecule has 0 saturated carbocycles. The summed E-state index contributed by atoms with van der Waals surface area (Å²) < 4.78 is 0. The molecule has 1 aromatic carbocycles. The van der Waals surface area contributed by atoms with Crippen molar-refractivity contribution in [2.24, 2.45) is 0 Å². The molecule has 160 valence electrons. The van der Waals surface area contributed by atoms with E-state index in [-0.39, 0.29) is 16.1 Å². The Morgan fingerprint density at radius 2 is 1.48 bits per heavy atom. The second-order valence-electron chi connectivity index (χ2n) is 7.95. The van der Waals surface area contributed by atoms with E-state index in [9.17, 15) is 5.11 Å². The molecule has 2 heteroatoms. The van der Waals surface area contributed by atoms with E-state index in [2.05, 4.69) is 82.0 Å². The van der Waals surface area contributed by atoms with Gasteiger partial charge in [0.1, 0.15) is 0 Å². The Kier molecular flexibility index (Phi) is 12.3. The van der Waals surface area contributed by atoms with Crippen LogP contribution < -0.4 is 0 Å². The molecule has 0 saturated heterocycles. The van der Waals surface area contributed by atoms with E-state index in [0.29, 0.717) is 5.75 Å². The number of aryl methyl sites for hydroxylation is 1. The number of hydrogen-bond donors (Lipinski definition) is 1. The van der Waals surface area contributed by atoms with Crippen molar-refractivity contribution in [2.45, 2.75) is 78.0 Å². The molecular weight excluding hydrogens is 372 g/mol. The van der Waals surface area contributed by atoms with Crippen LogP contribution in [0.25, 0.3) is 0 Å². The summed E-state index contributed by atoms with van der Waals surface area (Å²) in [4.78, 5) is 1.21. The molecule has 29 heavy (non-hydrogen) atoms. The fourth-order valence-electron chi connectivity index (χ4n) is 3.08. The van der Waals surface area contributed by atoms with Gasteiger partial charge >= 0.3 is 0 Å². The van der Waals surface area contributed by atoms with Crippen molar-refractivity contribution in [1.82, 2.24) is 0 Å². The Bertz CT molecular complexity index is 819. The zero-order valence-corrected chi connectivity index (χ0v) is 19.9. The van der Waals surface area contributed by atoms with E-state index in [1.165, 1.54) is 33.6 Å². The number of aliphatic hydroxyl groups excluding tert-OH is 1.